The monoisotopic (exact) mass is 431 g/mol. The Morgan fingerprint density at radius 2 is 1.53 bits per heavy atom. The maximum absolute atomic E-state index is 13.3. The highest BCUT2D eigenvalue weighted by atomic mass is 16.2. The van der Waals surface area contributed by atoms with E-state index in [1.807, 2.05) is 52.4 Å². The lowest BCUT2D eigenvalue weighted by Gasteiger charge is -2.34. The molecule has 5 nitrogen and oxygen atoms in total. The smallest absolute Gasteiger partial charge is 0.256 e. The molecule has 2 heterocycles. The van der Waals surface area contributed by atoms with Gasteiger partial charge in [-0.05, 0) is 30.4 Å². The van der Waals surface area contributed by atoms with Crippen LogP contribution in [0.25, 0.3) is 10.9 Å². The number of rotatable bonds is 7. The molecule has 5 heteroatoms. The highest BCUT2D eigenvalue weighted by Gasteiger charge is 2.26. The lowest BCUT2D eigenvalue weighted by atomic mass is 10.1. The van der Waals surface area contributed by atoms with Gasteiger partial charge in [0.1, 0.15) is 0 Å². The van der Waals surface area contributed by atoms with E-state index >= 15 is 0 Å². The third-order valence-electron chi connectivity index (χ3n) is 6.20. The summed E-state index contributed by atoms with van der Waals surface area (Å²) in [6.07, 6.45) is 4.35. The number of amides is 2. The quantitative estimate of drug-likeness (QED) is 0.549. The van der Waals surface area contributed by atoms with Crippen molar-refractivity contribution >= 4 is 22.7 Å². The van der Waals surface area contributed by atoms with Crippen LogP contribution in [0.3, 0.4) is 0 Å². The summed E-state index contributed by atoms with van der Waals surface area (Å²) in [4.78, 5) is 29.8. The van der Waals surface area contributed by atoms with Gasteiger partial charge in [-0.3, -0.25) is 9.59 Å². The normalized spacial score (nSPS) is 14.3. The average molecular weight is 432 g/mol. The first-order valence-corrected chi connectivity index (χ1v) is 11.7. The number of aryl methyl sites for hydroxylation is 1. The van der Waals surface area contributed by atoms with Gasteiger partial charge in [0.25, 0.3) is 5.91 Å². The Morgan fingerprint density at radius 3 is 2.25 bits per heavy atom. The molecule has 168 valence electrons. The van der Waals surface area contributed by atoms with E-state index in [1.165, 1.54) is 5.56 Å². The Labute approximate surface area is 190 Å². The van der Waals surface area contributed by atoms with Crippen LogP contribution in [-0.4, -0.2) is 52.4 Å². The fourth-order valence-electron chi connectivity index (χ4n) is 4.54. The third-order valence-corrected chi connectivity index (χ3v) is 6.20. The standard InChI is InChI=1S/C27H33N3O2/c1-21(2)19-30-20-24(23-12-6-7-13-25(23)30)27(32)29-17-15-28(16-18-29)26(31)14-8-11-22-9-4-3-5-10-22/h3-7,9-10,12-13,20-21H,8,11,14-19H2,1-2H3. The van der Waals surface area contributed by atoms with Crippen LogP contribution in [-0.2, 0) is 17.8 Å². The summed E-state index contributed by atoms with van der Waals surface area (Å²) in [6.45, 7) is 7.67. The first-order chi connectivity index (χ1) is 15.5. The first-order valence-electron chi connectivity index (χ1n) is 11.7. The molecule has 0 bridgehead atoms. The number of hydrogen-bond acceptors (Lipinski definition) is 2. The molecule has 1 aliphatic heterocycles. The molecule has 0 N–H and O–H groups in total. The number of aromatic nitrogens is 1. The Kier molecular flexibility index (Phi) is 6.93. The number of carbonyl (C=O) groups is 2. The lowest BCUT2D eigenvalue weighted by Crippen LogP contribution is -2.50. The molecule has 4 rings (SSSR count). The third kappa shape index (κ3) is 5.04. The Morgan fingerprint density at radius 1 is 0.875 bits per heavy atom. The fourth-order valence-corrected chi connectivity index (χ4v) is 4.54. The van der Waals surface area contributed by atoms with Gasteiger partial charge in [-0.15, -0.1) is 0 Å². The second-order valence-electron chi connectivity index (χ2n) is 9.12. The van der Waals surface area contributed by atoms with Crippen molar-refractivity contribution in [3.8, 4) is 0 Å². The number of para-hydroxylation sites is 1. The second-order valence-corrected chi connectivity index (χ2v) is 9.12. The van der Waals surface area contributed by atoms with Gasteiger partial charge in [0, 0.05) is 56.2 Å². The second kappa shape index (κ2) is 10.0. The van der Waals surface area contributed by atoms with Crippen molar-refractivity contribution in [3.05, 3.63) is 71.9 Å². The average Bonchev–Trinajstić information content (AvgIpc) is 3.17. The van der Waals surface area contributed by atoms with E-state index in [4.69, 9.17) is 0 Å². The van der Waals surface area contributed by atoms with Crippen molar-refractivity contribution < 1.29 is 9.59 Å². The van der Waals surface area contributed by atoms with Gasteiger partial charge in [0.2, 0.25) is 5.91 Å². The van der Waals surface area contributed by atoms with Crippen LogP contribution in [0.15, 0.2) is 60.8 Å². The summed E-state index contributed by atoms with van der Waals surface area (Å²) in [5, 5.41) is 1.01. The SMILES string of the molecule is CC(C)Cn1cc(C(=O)N2CCN(C(=O)CCCc3ccccc3)CC2)c2ccccc21. The molecule has 0 spiro atoms. The maximum Gasteiger partial charge on any atom is 0.256 e. The minimum Gasteiger partial charge on any atom is -0.346 e. The fraction of sp³-hybridized carbons (Fsp3) is 0.407. The molecule has 0 atom stereocenters. The summed E-state index contributed by atoms with van der Waals surface area (Å²) >= 11 is 0. The number of carbonyl (C=O) groups excluding carboxylic acids is 2. The number of benzene rings is 2. The highest BCUT2D eigenvalue weighted by molar-refractivity contribution is 6.07. The van der Waals surface area contributed by atoms with Crippen molar-refractivity contribution in [2.45, 2.75) is 39.7 Å². The molecule has 1 aliphatic rings. The molecule has 0 saturated carbocycles. The molecule has 1 saturated heterocycles. The minimum absolute atomic E-state index is 0.0693. The van der Waals surface area contributed by atoms with Gasteiger partial charge in [-0.1, -0.05) is 62.4 Å². The summed E-state index contributed by atoms with van der Waals surface area (Å²) in [7, 11) is 0. The van der Waals surface area contributed by atoms with Crippen molar-refractivity contribution in [2.24, 2.45) is 5.92 Å². The van der Waals surface area contributed by atoms with Crippen molar-refractivity contribution in [1.82, 2.24) is 14.4 Å². The Hall–Kier alpha value is -3.08. The molecule has 2 amide bonds. The van der Waals surface area contributed by atoms with Gasteiger partial charge in [-0.25, -0.2) is 0 Å². The van der Waals surface area contributed by atoms with Gasteiger partial charge in [0.15, 0.2) is 0 Å². The van der Waals surface area contributed by atoms with E-state index < -0.39 is 0 Å². The molecular formula is C27H33N3O2. The van der Waals surface area contributed by atoms with Gasteiger partial charge in [0.05, 0.1) is 5.56 Å². The molecule has 32 heavy (non-hydrogen) atoms. The highest BCUT2D eigenvalue weighted by Crippen LogP contribution is 2.24. The van der Waals surface area contributed by atoms with Gasteiger partial charge < -0.3 is 14.4 Å². The topological polar surface area (TPSA) is 45.6 Å². The van der Waals surface area contributed by atoms with E-state index in [0.29, 0.717) is 38.5 Å². The number of piperazine rings is 1. The molecule has 0 aliphatic carbocycles. The first kappa shape index (κ1) is 22.1. The minimum atomic E-state index is 0.0693. The summed E-state index contributed by atoms with van der Waals surface area (Å²) in [6, 6.07) is 18.4. The predicted molar refractivity (Wildman–Crippen MR) is 129 cm³/mol. The zero-order valence-corrected chi connectivity index (χ0v) is 19.2. The Balaban J connectivity index is 1.34. The summed E-state index contributed by atoms with van der Waals surface area (Å²) < 4.78 is 2.19. The van der Waals surface area contributed by atoms with Crippen LogP contribution in [0.4, 0.5) is 0 Å². The zero-order chi connectivity index (χ0) is 22.5. The summed E-state index contributed by atoms with van der Waals surface area (Å²) in [5.74, 6) is 0.770. The predicted octanol–water partition coefficient (Wildman–Crippen LogP) is 4.60. The molecule has 0 unspecified atom stereocenters. The molecule has 1 fully saturated rings. The van der Waals surface area contributed by atoms with E-state index in [1.54, 1.807) is 0 Å². The van der Waals surface area contributed by atoms with E-state index in [-0.39, 0.29) is 11.8 Å². The van der Waals surface area contributed by atoms with E-state index in [2.05, 4.69) is 36.6 Å². The molecule has 2 aromatic carbocycles. The van der Waals surface area contributed by atoms with Crippen LogP contribution in [0, 0.1) is 5.92 Å². The van der Waals surface area contributed by atoms with E-state index in [0.717, 1.165) is 35.9 Å². The number of nitrogens with zero attached hydrogens (tertiary/aromatic N) is 3. The van der Waals surface area contributed by atoms with Crippen LogP contribution < -0.4 is 0 Å². The van der Waals surface area contributed by atoms with Crippen LogP contribution in [0.1, 0.15) is 42.6 Å². The van der Waals surface area contributed by atoms with Crippen LogP contribution in [0.5, 0.6) is 0 Å². The van der Waals surface area contributed by atoms with Gasteiger partial charge >= 0.3 is 0 Å². The van der Waals surface area contributed by atoms with Gasteiger partial charge in [-0.2, -0.15) is 0 Å². The zero-order valence-electron chi connectivity index (χ0n) is 19.2. The Bertz CT molecular complexity index is 1060. The van der Waals surface area contributed by atoms with Crippen molar-refractivity contribution in [3.63, 3.8) is 0 Å². The lowest BCUT2D eigenvalue weighted by molar-refractivity contribution is -0.132. The van der Waals surface area contributed by atoms with Crippen molar-refractivity contribution in [1.29, 1.82) is 0 Å². The van der Waals surface area contributed by atoms with Crippen LogP contribution in [0.2, 0.25) is 0 Å². The molecular weight excluding hydrogens is 398 g/mol. The van der Waals surface area contributed by atoms with E-state index in [9.17, 15) is 9.59 Å². The molecule has 1 aromatic heterocycles. The van der Waals surface area contributed by atoms with Crippen molar-refractivity contribution in [2.75, 3.05) is 26.2 Å². The maximum atomic E-state index is 13.3. The largest absolute Gasteiger partial charge is 0.346 e. The molecule has 3 aromatic rings. The van der Waals surface area contributed by atoms with Crippen LogP contribution >= 0.6 is 0 Å². The number of hydrogen-bond donors (Lipinski definition) is 0. The molecule has 0 radical (unpaired) electrons. The summed E-state index contributed by atoms with van der Waals surface area (Å²) in [5.41, 5.74) is 3.15. The number of fused-ring (bicyclic) bond motifs is 1.